The van der Waals surface area contributed by atoms with Crippen LogP contribution in [0.5, 0.6) is 0 Å². The average Bonchev–Trinajstić information content (AvgIpc) is 2.55. The molecule has 22 heavy (non-hydrogen) atoms. The van der Waals surface area contributed by atoms with Gasteiger partial charge in [0.05, 0.1) is 6.10 Å². The molecule has 0 saturated carbocycles. The Kier molecular flexibility index (Phi) is 5.27. The molecular weight excluding hydrogens is 280 g/mol. The molecule has 5 heteroatoms. The summed E-state index contributed by atoms with van der Waals surface area (Å²) in [6, 6.07) is 13.5. The molecule has 0 amide bonds. The molecule has 2 unspecified atom stereocenters. The smallest absolute Gasteiger partial charge is 0.195 e. The fraction of sp³-hybridized carbons (Fsp3) is 0.235. The lowest BCUT2D eigenvalue weighted by Gasteiger charge is -2.19. The van der Waals surface area contributed by atoms with Crippen LogP contribution < -0.4 is 11.1 Å². The first-order valence-electron chi connectivity index (χ1n) is 7.04. The molecular formula is C17H20N2O3. The number of benzene rings is 2. The van der Waals surface area contributed by atoms with Crippen LogP contribution in [0.15, 0.2) is 48.5 Å². The van der Waals surface area contributed by atoms with Gasteiger partial charge in [0.25, 0.3) is 0 Å². The van der Waals surface area contributed by atoms with Crippen molar-refractivity contribution in [2.24, 2.45) is 0 Å². The molecule has 0 saturated heterocycles. The monoisotopic (exact) mass is 300 g/mol. The van der Waals surface area contributed by atoms with E-state index in [1.54, 1.807) is 43.4 Å². The Hall–Kier alpha value is -2.21. The highest BCUT2D eigenvalue weighted by atomic mass is 16.3. The zero-order chi connectivity index (χ0) is 16.1. The van der Waals surface area contributed by atoms with Crippen molar-refractivity contribution in [3.63, 3.8) is 0 Å². The summed E-state index contributed by atoms with van der Waals surface area (Å²) in [5.41, 5.74) is 7.52. The third-order valence-electron chi connectivity index (χ3n) is 3.48. The van der Waals surface area contributed by atoms with Gasteiger partial charge in [-0.2, -0.15) is 0 Å². The number of carbonyl (C=O) groups excluding carboxylic acids is 1. The molecule has 0 aliphatic heterocycles. The lowest BCUT2D eigenvalue weighted by molar-refractivity contribution is 0.0202. The summed E-state index contributed by atoms with van der Waals surface area (Å²) in [5, 5.41) is 22.8. The summed E-state index contributed by atoms with van der Waals surface area (Å²) in [4.78, 5) is 12.5. The second-order valence-corrected chi connectivity index (χ2v) is 5.11. The maximum atomic E-state index is 12.5. The quantitative estimate of drug-likeness (QED) is 0.473. The topological polar surface area (TPSA) is 95.6 Å². The van der Waals surface area contributed by atoms with E-state index in [0.29, 0.717) is 22.4 Å². The number of carbonyl (C=O) groups is 1. The van der Waals surface area contributed by atoms with Crippen molar-refractivity contribution in [2.45, 2.75) is 12.2 Å². The van der Waals surface area contributed by atoms with Gasteiger partial charge in [-0.05, 0) is 24.7 Å². The van der Waals surface area contributed by atoms with Gasteiger partial charge >= 0.3 is 0 Å². The average molecular weight is 300 g/mol. The van der Waals surface area contributed by atoms with Gasteiger partial charge < -0.3 is 21.3 Å². The Labute approximate surface area is 129 Å². The molecule has 5 N–H and O–H groups in total. The van der Waals surface area contributed by atoms with Crippen molar-refractivity contribution in [1.29, 1.82) is 0 Å². The highest BCUT2D eigenvalue weighted by Crippen LogP contribution is 2.24. The van der Waals surface area contributed by atoms with Gasteiger partial charge in [-0.25, -0.2) is 0 Å². The number of ketones is 1. The molecule has 0 heterocycles. The number of anilines is 1. The number of likely N-dealkylation sites (N-methyl/N-ethyl adjacent to an activating group) is 1. The first-order valence-corrected chi connectivity index (χ1v) is 7.04. The van der Waals surface area contributed by atoms with E-state index in [0.717, 1.165) is 0 Å². The van der Waals surface area contributed by atoms with Crippen LogP contribution in [0.25, 0.3) is 0 Å². The van der Waals surface area contributed by atoms with Gasteiger partial charge in [-0.3, -0.25) is 4.79 Å². The van der Waals surface area contributed by atoms with Crippen LogP contribution in [0, 0.1) is 0 Å². The molecule has 0 bridgehead atoms. The minimum atomic E-state index is -1.09. The lowest BCUT2D eigenvalue weighted by Crippen LogP contribution is -2.29. The van der Waals surface area contributed by atoms with Crippen LogP contribution in [0.1, 0.15) is 27.6 Å². The molecule has 0 fully saturated rings. The van der Waals surface area contributed by atoms with Crippen molar-refractivity contribution >= 4 is 11.5 Å². The Morgan fingerprint density at radius 3 is 2.50 bits per heavy atom. The highest BCUT2D eigenvalue weighted by Gasteiger charge is 2.20. The van der Waals surface area contributed by atoms with Gasteiger partial charge in [0.15, 0.2) is 5.78 Å². The fourth-order valence-electron chi connectivity index (χ4n) is 2.24. The zero-order valence-corrected chi connectivity index (χ0v) is 12.4. The molecule has 2 aromatic rings. The molecule has 0 aromatic heterocycles. The largest absolute Gasteiger partial charge is 0.398 e. The second-order valence-electron chi connectivity index (χ2n) is 5.11. The van der Waals surface area contributed by atoms with E-state index in [1.165, 1.54) is 6.07 Å². The van der Waals surface area contributed by atoms with Crippen LogP contribution in [0.2, 0.25) is 0 Å². The Bertz CT molecular complexity index is 644. The number of nitrogen functional groups attached to an aromatic ring is 1. The lowest BCUT2D eigenvalue weighted by atomic mass is 9.96. The van der Waals surface area contributed by atoms with E-state index in [-0.39, 0.29) is 12.3 Å². The number of rotatable bonds is 6. The first-order chi connectivity index (χ1) is 10.5. The molecule has 2 aromatic carbocycles. The molecule has 0 radical (unpaired) electrons. The van der Waals surface area contributed by atoms with Crippen LogP contribution in [-0.2, 0) is 0 Å². The van der Waals surface area contributed by atoms with E-state index >= 15 is 0 Å². The van der Waals surface area contributed by atoms with Gasteiger partial charge in [0.1, 0.15) is 6.10 Å². The first kappa shape index (κ1) is 16.2. The van der Waals surface area contributed by atoms with Crippen LogP contribution >= 0.6 is 0 Å². The van der Waals surface area contributed by atoms with Gasteiger partial charge in [0.2, 0.25) is 0 Å². The molecule has 0 spiro atoms. The second kappa shape index (κ2) is 7.17. The predicted octanol–water partition coefficient (Wildman–Crippen LogP) is 1.11. The van der Waals surface area contributed by atoms with E-state index in [1.807, 2.05) is 6.07 Å². The van der Waals surface area contributed by atoms with E-state index in [4.69, 9.17) is 5.73 Å². The van der Waals surface area contributed by atoms with Crippen molar-refractivity contribution in [3.05, 3.63) is 65.2 Å². The molecule has 5 nitrogen and oxygen atoms in total. The number of aliphatic hydroxyl groups excluding tert-OH is 2. The summed E-state index contributed by atoms with van der Waals surface area (Å²) >= 11 is 0. The Morgan fingerprint density at radius 1 is 1.18 bits per heavy atom. The maximum Gasteiger partial charge on any atom is 0.195 e. The number of nitrogens with two attached hydrogens (primary N) is 1. The summed E-state index contributed by atoms with van der Waals surface area (Å²) < 4.78 is 0. The van der Waals surface area contributed by atoms with Gasteiger partial charge in [0, 0.05) is 23.4 Å². The Morgan fingerprint density at radius 2 is 1.86 bits per heavy atom. The number of nitrogens with one attached hydrogen (secondary N) is 1. The van der Waals surface area contributed by atoms with Crippen LogP contribution in [-0.4, -0.2) is 35.7 Å². The minimum absolute atomic E-state index is 0.213. The summed E-state index contributed by atoms with van der Waals surface area (Å²) in [6.45, 7) is 0.244. The molecule has 2 atom stereocenters. The standard InChI is InChI=1S/C17H20N2O3/c1-19-10-15(20)17(22)12-7-8-14(18)13(9-12)16(21)11-5-3-2-4-6-11/h2-9,15,17,19-20,22H,10,18H2,1H3. The van der Waals surface area contributed by atoms with Crippen molar-refractivity contribution in [1.82, 2.24) is 5.32 Å². The molecule has 0 aliphatic carbocycles. The normalized spacial score (nSPS) is 13.6. The van der Waals surface area contributed by atoms with Crippen LogP contribution in [0.4, 0.5) is 5.69 Å². The van der Waals surface area contributed by atoms with Crippen molar-refractivity contribution < 1.29 is 15.0 Å². The van der Waals surface area contributed by atoms with Crippen molar-refractivity contribution in [3.8, 4) is 0 Å². The van der Waals surface area contributed by atoms with E-state index in [2.05, 4.69) is 5.32 Å². The zero-order valence-electron chi connectivity index (χ0n) is 12.4. The van der Waals surface area contributed by atoms with Gasteiger partial charge in [-0.1, -0.05) is 36.4 Å². The minimum Gasteiger partial charge on any atom is -0.398 e. The van der Waals surface area contributed by atoms with Gasteiger partial charge in [-0.15, -0.1) is 0 Å². The predicted molar refractivity (Wildman–Crippen MR) is 85.6 cm³/mol. The molecule has 2 rings (SSSR count). The summed E-state index contributed by atoms with van der Waals surface area (Å²) in [5.74, 6) is -0.213. The Balaban J connectivity index is 2.33. The summed E-state index contributed by atoms with van der Waals surface area (Å²) in [7, 11) is 1.68. The van der Waals surface area contributed by atoms with Crippen LogP contribution in [0.3, 0.4) is 0 Å². The van der Waals surface area contributed by atoms with E-state index in [9.17, 15) is 15.0 Å². The maximum absolute atomic E-state index is 12.5. The number of hydrogen-bond acceptors (Lipinski definition) is 5. The molecule has 0 aliphatic rings. The number of hydrogen-bond donors (Lipinski definition) is 4. The third kappa shape index (κ3) is 3.51. The SMILES string of the molecule is CNCC(O)C(O)c1ccc(N)c(C(=O)c2ccccc2)c1. The number of aliphatic hydroxyl groups is 2. The fourth-order valence-corrected chi connectivity index (χ4v) is 2.24. The molecule has 116 valence electrons. The van der Waals surface area contributed by atoms with Crippen molar-refractivity contribution in [2.75, 3.05) is 19.3 Å². The third-order valence-corrected chi connectivity index (χ3v) is 3.48. The highest BCUT2D eigenvalue weighted by molar-refractivity contribution is 6.12. The van der Waals surface area contributed by atoms with E-state index < -0.39 is 12.2 Å². The summed E-state index contributed by atoms with van der Waals surface area (Å²) in [6.07, 6.45) is -2.05.